The SMILES string of the molecule is CCOc1c(N)nsc1N(C)CC. The van der Waals surface area contributed by atoms with Gasteiger partial charge in [0.1, 0.15) is 0 Å². The van der Waals surface area contributed by atoms with Gasteiger partial charge in [0.15, 0.2) is 16.6 Å². The number of nitrogen functional groups attached to an aromatic ring is 1. The van der Waals surface area contributed by atoms with Crippen LogP contribution >= 0.6 is 11.5 Å². The van der Waals surface area contributed by atoms with Crippen molar-refractivity contribution in [3.8, 4) is 5.75 Å². The zero-order valence-corrected chi connectivity index (χ0v) is 9.02. The molecule has 0 fully saturated rings. The smallest absolute Gasteiger partial charge is 0.197 e. The molecule has 0 spiro atoms. The van der Waals surface area contributed by atoms with Gasteiger partial charge >= 0.3 is 0 Å². The summed E-state index contributed by atoms with van der Waals surface area (Å²) in [5.41, 5.74) is 5.67. The molecule has 0 bridgehead atoms. The summed E-state index contributed by atoms with van der Waals surface area (Å²) in [6.45, 7) is 5.55. The third-order valence-electron chi connectivity index (χ3n) is 1.77. The van der Waals surface area contributed by atoms with Crippen LogP contribution in [0.1, 0.15) is 13.8 Å². The van der Waals surface area contributed by atoms with E-state index in [9.17, 15) is 0 Å². The molecular formula is C8H15N3OS. The Labute approximate surface area is 82.5 Å². The Morgan fingerprint density at radius 1 is 1.54 bits per heavy atom. The Morgan fingerprint density at radius 3 is 2.77 bits per heavy atom. The van der Waals surface area contributed by atoms with Crippen LogP contribution in [-0.4, -0.2) is 24.6 Å². The van der Waals surface area contributed by atoms with E-state index in [-0.39, 0.29) is 0 Å². The first-order valence-electron chi connectivity index (χ1n) is 4.29. The topological polar surface area (TPSA) is 51.4 Å². The lowest BCUT2D eigenvalue weighted by atomic mass is 10.5. The summed E-state index contributed by atoms with van der Waals surface area (Å²) in [4.78, 5) is 2.07. The lowest BCUT2D eigenvalue weighted by Crippen LogP contribution is -2.15. The number of anilines is 2. The summed E-state index contributed by atoms with van der Waals surface area (Å²) in [6, 6.07) is 0. The van der Waals surface area contributed by atoms with Crippen LogP contribution in [-0.2, 0) is 0 Å². The summed E-state index contributed by atoms with van der Waals surface area (Å²) in [5, 5.41) is 1.00. The molecule has 2 N–H and O–H groups in total. The first-order valence-corrected chi connectivity index (χ1v) is 5.07. The second-order valence-electron chi connectivity index (χ2n) is 2.65. The molecule has 0 aromatic carbocycles. The van der Waals surface area contributed by atoms with Gasteiger partial charge in [-0.05, 0) is 25.4 Å². The monoisotopic (exact) mass is 201 g/mol. The van der Waals surface area contributed by atoms with Gasteiger partial charge in [0.25, 0.3) is 0 Å². The van der Waals surface area contributed by atoms with Crippen molar-refractivity contribution in [1.82, 2.24) is 4.37 Å². The van der Waals surface area contributed by atoms with Crippen molar-refractivity contribution in [3.05, 3.63) is 0 Å². The molecule has 0 aliphatic rings. The fourth-order valence-corrected chi connectivity index (χ4v) is 1.73. The van der Waals surface area contributed by atoms with Crippen LogP contribution in [0.2, 0.25) is 0 Å². The van der Waals surface area contributed by atoms with Crippen molar-refractivity contribution in [2.75, 3.05) is 30.8 Å². The Bertz CT molecular complexity index is 274. The second-order valence-corrected chi connectivity index (χ2v) is 3.40. The molecule has 1 aromatic rings. The van der Waals surface area contributed by atoms with E-state index in [2.05, 4.69) is 16.2 Å². The number of hydrogen-bond acceptors (Lipinski definition) is 5. The first-order chi connectivity index (χ1) is 6.20. The lowest BCUT2D eigenvalue weighted by molar-refractivity contribution is 0.343. The van der Waals surface area contributed by atoms with Crippen molar-refractivity contribution in [2.45, 2.75) is 13.8 Å². The molecule has 0 aliphatic carbocycles. The number of ether oxygens (including phenoxy) is 1. The Balaban J connectivity index is 2.92. The molecule has 0 saturated heterocycles. The van der Waals surface area contributed by atoms with Crippen molar-refractivity contribution < 1.29 is 4.74 Å². The molecule has 0 unspecified atom stereocenters. The molecule has 0 radical (unpaired) electrons. The molecule has 0 aliphatic heterocycles. The highest BCUT2D eigenvalue weighted by Gasteiger charge is 2.14. The van der Waals surface area contributed by atoms with E-state index in [0.29, 0.717) is 12.4 Å². The second kappa shape index (κ2) is 4.32. The maximum Gasteiger partial charge on any atom is 0.197 e. The minimum atomic E-state index is 0.488. The number of nitrogens with zero attached hydrogens (tertiary/aromatic N) is 2. The summed E-state index contributed by atoms with van der Waals surface area (Å²) in [7, 11) is 2.00. The third kappa shape index (κ3) is 2.03. The van der Waals surface area contributed by atoms with E-state index in [0.717, 1.165) is 17.3 Å². The largest absolute Gasteiger partial charge is 0.487 e. The first kappa shape index (κ1) is 10.1. The maximum atomic E-state index is 5.67. The molecule has 74 valence electrons. The number of hydrogen-bond donors (Lipinski definition) is 1. The maximum absolute atomic E-state index is 5.67. The molecule has 1 heterocycles. The van der Waals surface area contributed by atoms with Crippen LogP contribution < -0.4 is 15.4 Å². The Kier molecular flexibility index (Phi) is 3.36. The fraction of sp³-hybridized carbons (Fsp3) is 0.625. The summed E-state index contributed by atoms with van der Waals surface area (Å²) >= 11 is 1.37. The van der Waals surface area contributed by atoms with E-state index >= 15 is 0 Å². The lowest BCUT2D eigenvalue weighted by Gasteiger charge is -2.15. The third-order valence-corrected chi connectivity index (χ3v) is 2.73. The van der Waals surface area contributed by atoms with E-state index in [1.54, 1.807) is 0 Å². The predicted molar refractivity (Wildman–Crippen MR) is 56.6 cm³/mol. The number of nitrogens with two attached hydrogens (primary N) is 1. The van der Waals surface area contributed by atoms with Crippen molar-refractivity contribution >= 4 is 22.4 Å². The molecule has 5 heteroatoms. The van der Waals surface area contributed by atoms with Gasteiger partial charge in [0.05, 0.1) is 6.61 Å². The summed E-state index contributed by atoms with van der Waals surface area (Å²) in [6.07, 6.45) is 0. The summed E-state index contributed by atoms with van der Waals surface area (Å²) < 4.78 is 9.47. The van der Waals surface area contributed by atoms with Crippen LogP contribution in [0.15, 0.2) is 0 Å². The van der Waals surface area contributed by atoms with Gasteiger partial charge < -0.3 is 15.4 Å². The average Bonchev–Trinajstić information content (AvgIpc) is 2.48. The summed E-state index contributed by atoms with van der Waals surface area (Å²) in [5.74, 6) is 1.21. The zero-order valence-electron chi connectivity index (χ0n) is 8.20. The molecule has 1 rings (SSSR count). The van der Waals surface area contributed by atoms with E-state index in [1.807, 2.05) is 14.0 Å². The molecular weight excluding hydrogens is 186 g/mol. The zero-order chi connectivity index (χ0) is 9.84. The molecule has 4 nitrogen and oxygen atoms in total. The van der Waals surface area contributed by atoms with E-state index in [1.165, 1.54) is 11.5 Å². The number of aromatic nitrogens is 1. The highest BCUT2D eigenvalue weighted by Crippen LogP contribution is 2.37. The van der Waals surface area contributed by atoms with Crippen LogP contribution in [0.3, 0.4) is 0 Å². The number of rotatable bonds is 4. The van der Waals surface area contributed by atoms with Crippen LogP contribution in [0, 0.1) is 0 Å². The molecule has 0 amide bonds. The molecule has 0 atom stereocenters. The van der Waals surface area contributed by atoms with Gasteiger partial charge in [0.2, 0.25) is 0 Å². The fourth-order valence-electron chi connectivity index (χ4n) is 0.952. The van der Waals surface area contributed by atoms with E-state index in [4.69, 9.17) is 10.5 Å². The highest BCUT2D eigenvalue weighted by atomic mass is 32.1. The van der Waals surface area contributed by atoms with Crippen molar-refractivity contribution in [2.24, 2.45) is 0 Å². The average molecular weight is 201 g/mol. The Hall–Kier alpha value is -0.970. The van der Waals surface area contributed by atoms with Gasteiger partial charge in [-0.2, -0.15) is 4.37 Å². The van der Waals surface area contributed by atoms with Crippen molar-refractivity contribution in [1.29, 1.82) is 0 Å². The van der Waals surface area contributed by atoms with Gasteiger partial charge in [-0.1, -0.05) is 0 Å². The normalized spacial score (nSPS) is 10.1. The van der Waals surface area contributed by atoms with Crippen LogP contribution in [0.25, 0.3) is 0 Å². The standard InChI is InChI=1S/C8H15N3OS/c1-4-11(3)8-6(12-5-2)7(9)10-13-8/h4-5H2,1-3H3,(H2,9,10). The quantitative estimate of drug-likeness (QED) is 0.803. The van der Waals surface area contributed by atoms with E-state index < -0.39 is 0 Å². The molecule has 0 saturated carbocycles. The Morgan fingerprint density at radius 2 is 2.23 bits per heavy atom. The predicted octanol–water partition coefficient (Wildman–Crippen LogP) is 1.58. The molecule has 13 heavy (non-hydrogen) atoms. The van der Waals surface area contributed by atoms with Gasteiger partial charge in [-0.15, -0.1) is 0 Å². The molecule has 1 aromatic heterocycles. The highest BCUT2D eigenvalue weighted by molar-refractivity contribution is 7.11. The van der Waals surface area contributed by atoms with Gasteiger partial charge in [0, 0.05) is 13.6 Å². The van der Waals surface area contributed by atoms with Crippen LogP contribution in [0.4, 0.5) is 10.8 Å². The van der Waals surface area contributed by atoms with Gasteiger partial charge in [-0.3, -0.25) is 0 Å². The van der Waals surface area contributed by atoms with Crippen LogP contribution in [0.5, 0.6) is 5.75 Å². The van der Waals surface area contributed by atoms with Crippen molar-refractivity contribution in [3.63, 3.8) is 0 Å². The van der Waals surface area contributed by atoms with Gasteiger partial charge in [-0.25, -0.2) is 0 Å². The minimum Gasteiger partial charge on any atom is -0.487 e. The minimum absolute atomic E-state index is 0.488.